The number of ether oxygens (including phenoxy) is 1. The van der Waals surface area contributed by atoms with Gasteiger partial charge in [0.2, 0.25) is 0 Å². The molecule has 146 valence electrons. The highest BCUT2D eigenvalue weighted by Gasteiger charge is 2.48. The maximum Gasteiger partial charge on any atom is 0.519 e. The van der Waals surface area contributed by atoms with Gasteiger partial charge in [-0.1, -0.05) is 5.92 Å². The van der Waals surface area contributed by atoms with Crippen molar-refractivity contribution in [1.82, 2.24) is 19.5 Å². The summed E-state index contributed by atoms with van der Waals surface area (Å²) in [5, 5.41) is 10.6. The molecule has 3 N–H and O–H groups in total. The van der Waals surface area contributed by atoms with Crippen molar-refractivity contribution >= 4 is 17.0 Å². The molecule has 3 atom stereocenters. The quantitative estimate of drug-likeness (QED) is 0.486. The van der Waals surface area contributed by atoms with Gasteiger partial charge >= 0.3 is 11.9 Å². The number of halogens is 1. The molecule has 1 saturated heterocycles. The van der Waals surface area contributed by atoms with Crippen LogP contribution in [0.25, 0.3) is 11.2 Å². The van der Waals surface area contributed by atoms with Crippen molar-refractivity contribution in [2.45, 2.75) is 44.1 Å². The minimum absolute atomic E-state index is 0.103. The van der Waals surface area contributed by atoms with Crippen molar-refractivity contribution in [3.05, 3.63) is 34.5 Å². The van der Waals surface area contributed by atoms with Crippen LogP contribution in [0.3, 0.4) is 0 Å². The molecule has 28 heavy (non-hydrogen) atoms. The minimum atomic E-state index is -1.35. The number of aliphatic hydroxyl groups excluding tert-OH is 1. The number of imidazole rings is 1. The van der Waals surface area contributed by atoms with E-state index in [1.807, 2.05) is 0 Å². The van der Waals surface area contributed by atoms with Gasteiger partial charge in [-0.2, -0.15) is 14.4 Å². The molecule has 3 aromatic rings. The number of hydrogen-bond donors (Lipinski definition) is 2. The normalized spacial score (nSPS) is 24.6. The summed E-state index contributed by atoms with van der Waals surface area (Å²) in [5.41, 5.74) is 4.67. The summed E-state index contributed by atoms with van der Waals surface area (Å²) < 4.78 is 30.8. The number of nitrogens with two attached hydrogens (primary N) is 1. The standard InChI is InChI=1S/C17H16FN5O5/c1-3-17(5-4-9-8(2)26-16(25)27-9)10(24)6-11(28-17)23-7-20-12-13(19)21-15(18)22-14(12)23/h1,7,10-11,24H,4-6H2,2H3,(H2,19,21,22)/t10-,11+,17-/m0/s1. The third-order valence-electron chi connectivity index (χ3n) is 4.84. The number of aliphatic hydroxyl groups is 1. The Morgan fingerprint density at radius 1 is 1.50 bits per heavy atom. The molecule has 0 radical (unpaired) electrons. The Bertz CT molecular complexity index is 1150. The second kappa shape index (κ2) is 6.43. The molecule has 0 aromatic carbocycles. The first-order chi connectivity index (χ1) is 13.3. The third kappa shape index (κ3) is 2.83. The van der Waals surface area contributed by atoms with Gasteiger partial charge in [-0.25, -0.2) is 9.78 Å². The molecule has 3 aromatic heterocycles. The predicted molar refractivity (Wildman–Crippen MR) is 92.3 cm³/mol. The van der Waals surface area contributed by atoms with Gasteiger partial charge in [0.25, 0.3) is 0 Å². The fourth-order valence-electron chi connectivity index (χ4n) is 3.37. The second-order valence-electron chi connectivity index (χ2n) is 6.49. The number of terminal acetylenes is 1. The van der Waals surface area contributed by atoms with E-state index in [0.717, 1.165) is 0 Å². The molecule has 0 amide bonds. The molecule has 11 heteroatoms. The number of fused-ring (bicyclic) bond motifs is 1. The molecule has 1 aliphatic heterocycles. The Labute approximate surface area is 157 Å². The average Bonchev–Trinajstić information content (AvgIpc) is 3.29. The van der Waals surface area contributed by atoms with Crippen LogP contribution in [0, 0.1) is 25.3 Å². The van der Waals surface area contributed by atoms with E-state index in [-0.39, 0.29) is 36.2 Å². The summed E-state index contributed by atoms with van der Waals surface area (Å²) in [7, 11) is 0. The Morgan fingerprint density at radius 2 is 2.29 bits per heavy atom. The van der Waals surface area contributed by atoms with Gasteiger partial charge < -0.3 is 24.4 Å². The fourth-order valence-corrected chi connectivity index (χ4v) is 3.37. The van der Waals surface area contributed by atoms with E-state index in [9.17, 15) is 14.3 Å². The Morgan fingerprint density at radius 3 is 2.96 bits per heavy atom. The van der Waals surface area contributed by atoms with Crippen molar-refractivity contribution in [1.29, 1.82) is 0 Å². The van der Waals surface area contributed by atoms with Crippen LogP contribution in [-0.2, 0) is 11.2 Å². The first kappa shape index (κ1) is 18.1. The van der Waals surface area contributed by atoms with E-state index < -0.39 is 29.8 Å². The van der Waals surface area contributed by atoms with Gasteiger partial charge in [0.15, 0.2) is 22.6 Å². The largest absolute Gasteiger partial charge is 0.519 e. The highest BCUT2D eigenvalue weighted by molar-refractivity contribution is 5.81. The van der Waals surface area contributed by atoms with Gasteiger partial charge in [-0.3, -0.25) is 4.57 Å². The summed E-state index contributed by atoms with van der Waals surface area (Å²) >= 11 is 0. The van der Waals surface area contributed by atoms with Gasteiger partial charge in [0.1, 0.15) is 17.7 Å². The number of anilines is 1. The second-order valence-corrected chi connectivity index (χ2v) is 6.49. The number of nitrogen functional groups attached to an aromatic ring is 1. The van der Waals surface area contributed by atoms with Crippen LogP contribution >= 0.6 is 0 Å². The zero-order chi connectivity index (χ0) is 20.1. The summed E-state index contributed by atoms with van der Waals surface area (Å²) in [6.45, 7) is 1.59. The van der Waals surface area contributed by atoms with Crippen molar-refractivity contribution in [3.63, 3.8) is 0 Å². The molecule has 10 nitrogen and oxygen atoms in total. The number of aromatic nitrogens is 4. The third-order valence-corrected chi connectivity index (χ3v) is 4.84. The predicted octanol–water partition coefficient (Wildman–Crippen LogP) is 0.687. The smallest absolute Gasteiger partial charge is 0.396 e. The highest BCUT2D eigenvalue weighted by Crippen LogP contribution is 2.40. The summed E-state index contributed by atoms with van der Waals surface area (Å²) in [6.07, 6.45) is 4.77. The van der Waals surface area contributed by atoms with E-state index in [0.29, 0.717) is 11.5 Å². The lowest BCUT2D eigenvalue weighted by atomic mass is 9.91. The van der Waals surface area contributed by atoms with Crippen LogP contribution in [0.4, 0.5) is 10.2 Å². The molecule has 0 unspecified atom stereocenters. The lowest BCUT2D eigenvalue weighted by molar-refractivity contribution is -0.0678. The molecule has 0 bridgehead atoms. The van der Waals surface area contributed by atoms with E-state index in [2.05, 4.69) is 20.9 Å². The van der Waals surface area contributed by atoms with Crippen molar-refractivity contribution in [2.24, 2.45) is 0 Å². The number of hydrogen-bond acceptors (Lipinski definition) is 9. The summed E-state index contributed by atoms with van der Waals surface area (Å²) in [5.74, 6) is 2.25. The number of nitrogens with zero attached hydrogens (tertiary/aromatic N) is 4. The number of aryl methyl sites for hydroxylation is 2. The molecule has 1 aliphatic rings. The Kier molecular flexibility index (Phi) is 4.17. The van der Waals surface area contributed by atoms with Gasteiger partial charge in [0, 0.05) is 12.8 Å². The maximum atomic E-state index is 13.6. The zero-order valence-corrected chi connectivity index (χ0v) is 14.8. The van der Waals surface area contributed by atoms with Crippen LogP contribution in [0.15, 0.2) is 20.0 Å². The fraction of sp³-hybridized carbons (Fsp3) is 0.412. The van der Waals surface area contributed by atoms with Gasteiger partial charge in [-0.05, 0) is 13.3 Å². The van der Waals surface area contributed by atoms with Crippen molar-refractivity contribution in [3.8, 4) is 12.3 Å². The zero-order valence-electron chi connectivity index (χ0n) is 14.8. The first-order valence-corrected chi connectivity index (χ1v) is 8.41. The monoisotopic (exact) mass is 389 g/mol. The van der Waals surface area contributed by atoms with E-state index in [1.54, 1.807) is 6.92 Å². The summed E-state index contributed by atoms with van der Waals surface area (Å²) in [4.78, 5) is 22.4. The van der Waals surface area contributed by atoms with Crippen molar-refractivity contribution < 1.29 is 23.1 Å². The molecular formula is C17H16FN5O5. The molecule has 4 heterocycles. The summed E-state index contributed by atoms with van der Waals surface area (Å²) in [6, 6.07) is 0. The SMILES string of the molecule is C#C[C@@]1(CCc2oc(=O)oc2C)O[C@@H](n2cnc3c(N)nc(F)nc32)C[C@@H]1O. The average molecular weight is 389 g/mol. The van der Waals surface area contributed by atoms with Crippen molar-refractivity contribution in [2.75, 3.05) is 5.73 Å². The topological polar surface area (TPSA) is 142 Å². The minimum Gasteiger partial charge on any atom is -0.396 e. The molecule has 0 aliphatic carbocycles. The molecule has 4 rings (SSSR count). The van der Waals surface area contributed by atoms with E-state index in [4.69, 9.17) is 25.7 Å². The maximum absolute atomic E-state index is 13.6. The molecule has 0 saturated carbocycles. The van der Waals surface area contributed by atoms with Crippen LogP contribution in [0.2, 0.25) is 0 Å². The van der Waals surface area contributed by atoms with Crippen LogP contribution in [0.1, 0.15) is 30.6 Å². The number of rotatable bonds is 4. The molecular weight excluding hydrogens is 373 g/mol. The van der Waals surface area contributed by atoms with Gasteiger partial charge in [0.05, 0.1) is 12.4 Å². The van der Waals surface area contributed by atoms with E-state index >= 15 is 0 Å². The van der Waals surface area contributed by atoms with E-state index in [1.165, 1.54) is 10.9 Å². The van der Waals surface area contributed by atoms with Gasteiger partial charge in [-0.15, -0.1) is 6.42 Å². The van der Waals surface area contributed by atoms with Crippen LogP contribution < -0.4 is 11.6 Å². The highest BCUT2D eigenvalue weighted by atomic mass is 19.1. The van der Waals surface area contributed by atoms with Crippen LogP contribution in [0.5, 0.6) is 0 Å². The van der Waals surface area contributed by atoms with Crippen LogP contribution in [-0.4, -0.2) is 36.3 Å². The Balaban J connectivity index is 1.62. The molecule has 1 fully saturated rings. The molecule has 0 spiro atoms. The lowest BCUT2D eigenvalue weighted by Crippen LogP contribution is -2.38. The Hall–Kier alpha value is -3.23. The lowest BCUT2D eigenvalue weighted by Gasteiger charge is -2.26. The first-order valence-electron chi connectivity index (χ1n) is 8.41.